The van der Waals surface area contributed by atoms with Crippen LogP contribution in [0.4, 0.5) is 0 Å². The number of fused-ring (bicyclic) bond motifs is 1. The molecule has 0 bridgehead atoms. The highest BCUT2D eigenvalue weighted by molar-refractivity contribution is 5.78. The second-order valence-electron chi connectivity index (χ2n) is 6.72. The van der Waals surface area contributed by atoms with Gasteiger partial charge in [-0.2, -0.15) is 5.10 Å². The molecule has 0 saturated heterocycles. The van der Waals surface area contributed by atoms with Crippen LogP contribution in [0.25, 0.3) is 10.9 Å². The van der Waals surface area contributed by atoms with E-state index in [9.17, 15) is 9.59 Å². The van der Waals surface area contributed by atoms with Crippen LogP contribution in [0.3, 0.4) is 0 Å². The minimum atomic E-state index is -0.183. The van der Waals surface area contributed by atoms with Crippen LogP contribution in [0.1, 0.15) is 23.4 Å². The molecule has 8 nitrogen and oxygen atoms in total. The van der Waals surface area contributed by atoms with Gasteiger partial charge in [0.1, 0.15) is 18.5 Å². The average Bonchev–Trinajstić information content (AvgIpc) is 3.25. The summed E-state index contributed by atoms with van der Waals surface area (Å²) >= 11 is 0. The maximum absolute atomic E-state index is 12.2. The first-order valence-corrected chi connectivity index (χ1v) is 9.32. The standard InChI is InChI=1S/C21H20N6O2/c28-20(10-9-19-25-18-4-2-1-3-17(18)21(29)26-19)23-11-15-5-7-16(8-6-15)12-27-14-22-13-24-27/h1-8,13-14H,9-12H2,(H,23,28)(H,25,26,29). The van der Waals surface area contributed by atoms with E-state index in [2.05, 4.69) is 25.4 Å². The maximum Gasteiger partial charge on any atom is 0.258 e. The summed E-state index contributed by atoms with van der Waals surface area (Å²) in [7, 11) is 0. The Bertz CT molecular complexity index is 1170. The molecular formula is C21H20N6O2. The summed E-state index contributed by atoms with van der Waals surface area (Å²) in [5.41, 5.74) is 2.57. The molecule has 2 N–H and O–H groups in total. The summed E-state index contributed by atoms with van der Waals surface area (Å²) < 4.78 is 1.75. The van der Waals surface area contributed by atoms with Crippen molar-refractivity contribution in [3.63, 3.8) is 0 Å². The molecule has 1 amide bonds. The topological polar surface area (TPSA) is 106 Å². The molecule has 0 radical (unpaired) electrons. The molecule has 4 rings (SSSR count). The lowest BCUT2D eigenvalue weighted by Gasteiger charge is -2.07. The van der Waals surface area contributed by atoms with Gasteiger partial charge in [-0.3, -0.25) is 9.59 Å². The van der Waals surface area contributed by atoms with Crippen LogP contribution in [0.2, 0.25) is 0 Å². The fourth-order valence-corrected chi connectivity index (χ4v) is 3.04. The van der Waals surface area contributed by atoms with Gasteiger partial charge in [-0.1, -0.05) is 36.4 Å². The molecule has 0 aliphatic carbocycles. The normalized spacial score (nSPS) is 10.9. The highest BCUT2D eigenvalue weighted by atomic mass is 16.1. The van der Waals surface area contributed by atoms with Crippen molar-refractivity contribution in [3.8, 4) is 0 Å². The largest absolute Gasteiger partial charge is 0.352 e. The quantitative estimate of drug-likeness (QED) is 0.502. The molecule has 0 unspecified atom stereocenters. The lowest BCUT2D eigenvalue weighted by atomic mass is 10.1. The lowest BCUT2D eigenvalue weighted by molar-refractivity contribution is -0.121. The molecule has 29 heavy (non-hydrogen) atoms. The molecule has 2 aromatic carbocycles. The van der Waals surface area contributed by atoms with Crippen LogP contribution in [-0.2, 0) is 24.3 Å². The van der Waals surface area contributed by atoms with E-state index in [4.69, 9.17) is 0 Å². The third-order valence-electron chi connectivity index (χ3n) is 4.57. The highest BCUT2D eigenvalue weighted by Gasteiger charge is 2.07. The average molecular weight is 388 g/mol. The maximum atomic E-state index is 12.2. The molecular weight excluding hydrogens is 368 g/mol. The smallest absolute Gasteiger partial charge is 0.258 e. The Morgan fingerprint density at radius 3 is 2.66 bits per heavy atom. The van der Waals surface area contributed by atoms with Crippen molar-refractivity contribution in [1.29, 1.82) is 0 Å². The molecule has 2 heterocycles. The van der Waals surface area contributed by atoms with Gasteiger partial charge in [0.15, 0.2) is 0 Å². The minimum absolute atomic E-state index is 0.0903. The molecule has 4 aromatic rings. The number of amides is 1. The highest BCUT2D eigenvalue weighted by Crippen LogP contribution is 2.08. The molecule has 0 fully saturated rings. The molecule has 0 atom stereocenters. The summed E-state index contributed by atoms with van der Waals surface area (Å²) in [6, 6.07) is 15.1. The number of nitrogens with one attached hydrogen (secondary N) is 2. The summed E-state index contributed by atoms with van der Waals surface area (Å²) in [5.74, 6) is 0.425. The summed E-state index contributed by atoms with van der Waals surface area (Å²) in [5, 5.41) is 7.53. The van der Waals surface area contributed by atoms with Gasteiger partial charge in [0.05, 0.1) is 17.4 Å². The molecule has 2 aromatic heterocycles. The number of carbonyl (C=O) groups excluding carboxylic acids is 1. The van der Waals surface area contributed by atoms with E-state index >= 15 is 0 Å². The van der Waals surface area contributed by atoms with Gasteiger partial charge < -0.3 is 10.3 Å². The number of benzene rings is 2. The van der Waals surface area contributed by atoms with E-state index in [1.165, 1.54) is 6.33 Å². The van der Waals surface area contributed by atoms with Crippen LogP contribution < -0.4 is 10.9 Å². The molecule has 0 aliphatic rings. The number of aromatic amines is 1. The second-order valence-corrected chi connectivity index (χ2v) is 6.72. The minimum Gasteiger partial charge on any atom is -0.352 e. The van der Waals surface area contributed by atoms with Gasteiger partial charge in [0, 0.05) is 19.4 Å². The second kappa shape index (κ2) is 8.47. The van der Waals surface area contributed by atoms with E-state index in [1.807, 2.05) is 30.3 Å². The summed E-state index contributed by atoms with van der Waals surface area (Å²) in [6.45, 7) is 1.10. The number of hydrogen-bond acceptors (Lipinski definition) is 5. The van der Waals surface area contributed by atoms with E-state index in [0.29, 0.717) is 36.2 Å². The van der Waals surface area contributed by atoms with Gasteiger partial charge in [0.25, 0.3) is 5.56 Å². The third kappa shape index (κ3) is 4.73. The van der Waals surface area contributed by atoms with Crippen molar-refractivity contribution >= 4 is 16.8 Å². The Balaban J connectivity index is 1.28. The Labute approximate surface area is 166 Å². The lowest BCUT2D eigenvalue weighted by Crippen LogP contribution is -2.23. The first-order chi connectivity index (χ1) is 14.2. The van der Waals surface area contributed by atoms with Gasteiger partial charge in [-0.25, -0.2) is 14.6 Å². The first kappa shape index (κ1) is 18.5. The van der Waals surface area contributed by atoms with Crippen molar-refractivity contribution in [2.24, 2.45) is 0 Å². The van der Waals surface area contributed by atoms with Gasteiger partial charge >= 0.3 is 0 Å². The number of carbonyl (C=O) groups is 1. The zero-order valence-electron chi connectivity index (χ0n) is 15.7. The summed E-state index contributed by atoms with van der Waals surface area (Å²) in [4.78, 5) is 35.3. The van der Waals surface area contributed by atoms with E-state index in [-0.39, 0.29) is 17.9 Å². The van der Waals surface area contributed by atoms with E-state index < -0.39 is 0 Å². The predicted molar refractivity (Wildman–Crippen MR) is 108 cm³/mol. The van der Waals surface area contributed by atoms with Crippen molar-refractivity contribution in [3.05, 3.63) is 88.5 Å². The number of nitrogens with zero attached hydrogens (tertiary/aromatic N) is 4. The third-order valence-corrected chi connectivity index (χ3v) is 4.57. The molecule has 146 valence electrons. The van der Waals surface area contributed by atoms with Crippen molar-refractivity contribution in [1.82, 2.24) is 30.0 Å². The van der Waals surface area contributed by atoms with Crippen LogP contribution in [0.5, 0.6) is 0 Å². The Kier molecular flexibility index (Phi) is 5.42. The van der Waals surface area contributed by atoms with Crippen molar-refractivity contribution < 1.29 is 4.79 Å². The molecule has 0 spiro atoms. The fraction of sp³-hybridized carbons (Fsp3) is 0.190. The van der Waals surface area contributed by atoms with E-state index in [0.717, 1.165) is 11.1 Å². The van der Waals surface area contributed by atoms with Gasteiger partial charge in [-0.15, -0.1) is 0 Å². The zero-order chi connectivity index (χ0) is 20.1. The van der Waals surface area contributed by atoms with Crippen LogP contribution in [0.15, 0.2) is 66.0 Å². The predicted octanol–water partition coefficient (Wildman–Crippen LogP) is 1.81. The van der Waals surface area contributed by atoms with Crippen LogP contribution >= 0.6 is 0 Å². The van der Waals surface area contributed by atoms with Crippen molar-refractivity contribution in [2.75, 3.05) is 0 Å². The molecule has 0 saturated carbocycles. The monoisotopic (exact) mass is 388 g/mol. The van der Waals surface area contributed by atoms with E-state index in [1.54, 1.807) is 29.2 Å². The Hall–Kier alpha value is -3.81. The van der Waals surface area contributed by atoms with Gasteiger partial charge in [-0.05, 0) is 23.3 Å². The Morgan fingerprint density at radius 2 is 1.86 bits per heavy atom. The van der Waals surface area contributed by atoms with Gasteiger partial charge in [0.2, 0.25) is 5.91 Å². The van der Waals surface area contributed by atoms with Crippen LogP contribution in [-0.4, -0.2) is 30.6 Å². The summed E-state index contributed by atoms with van der Waals surface area (Å²) in [6.07, 6.45) is 3.81. The number of rotatable bonds is 7. The number of aryl methyl sites for hydroxylation is 1. The molecule has 0 aliphatic heterocycles. The zero-order valence-corrected chi connectivity index (χ0v) is 15.7. The number of para-hydroxylation sites is 1. The SMILES string of the molecule is O=C(CCc1nc2ccccc2c(=O)[nH]1)NCc1ccc(Cn2cncn2)cc1. The Morgan fingerprint density at radius 1 is 1.07 bits per heavy atom. The number of hydrogen-bond donors (Lipinski definition) is 2. The number of aromatic nitrogens is 5. The molecule has 8 heteroatoms. The van der Waals surface area contributed by atoms with Crippen molar-refractivity contribution in [2.45, 2.75) is 25.9 Å². The first-order valence-electron chi connectivity index (χ1n) is 9.32. The van der Waals surface area contributed by atoms with Crippen LogP contribution in [0, 0.1) is 0 Å². The number of H-pyrrole nitrogens is 1. The fourth-order valence-electron chi connectivity index (χ4n) is 3.04.